The predicted molar refractivity (Wildman–Crippen MR) is 61.2 cm³/mol. The topological polar surface area (TPSA) is 43.8 Å². The van der Waals surface area contributed by atoms with E-state index in [1.807, 2.05) is 6.92 Å². The number of benzene rings is 1. The van der Waals surface area contributed by atoms with Gasteiger partial charge in [-0.25, -0.2) is 4.68 Å². The minimum Gasteiger partial charge on any atom is -0.324 e. The van der Waals surface area contributed by atoms with Crippen molar-refractivity contribution in [3.05, 3.63) is 47.8 Å². The molecular formula is C12H12F3N3. The molecule has 0 amide bonds. The molecule has 0 radical (unpaired) electrons. The average molecular weight is 255 g/mol. The van der Waals surface area contributed by atoms with Gasteiger partial charge in [-0.2, -0.15) is 18.3 Å². The summed E-state index contributed by atoms with van der Waals surface area (Å²) in [5.41, 5.74) is 6.41. The zero-order valence-corrected chi connectivity index (χ0v) is 9.65. The molecule has 6 heteroatoms. The molecule has 2 aromatic rings. The van der Waals surface area contributed by atoms with Crippen molar-refractivity contribution in [2.75, 3.05) is 0 Å². The Labute approximate surface area is 102 Å². The Morgan fingerprint density at radius 2 is 1.83 bits per heavy atom. The molecule has 1 aromatic carbocycles. The molecule has 0 aliphatic rings. The summed E-state index contributed by atoms with van der Waals surface area (Å²) in [6.07, 6.45) is -2.61. The Hall–Kier alpha value is -1.82. The number of rotatable bonds is 2. The fourth-order valence-corrected chi connectivity index (χ4v) is 1.54. The van der Waals surface area contributed by atoms with Gasteiger partial charge in [0.1, 0.15) is 0 Å². The maximum absolute atomic E-state index is 12.4. The lowest BCUT2D eigenvalue weighted by Gasteiger charge is -2.07. The average Bonchev–Trinajstić information content (AvgIpc) is 2.78. The molecule has 0 fully saturated rings. The van der Waals surface area contributed by atoms with Crippen LogP contribution in [0.25, 0.3) is 5.69 Å². The number of nitrogens with two attached hydrogens (primary N) is 1. The zero-order chi connectivity index (χ0) is 13.3. The van der Waals surface area contributed by atoms with Crippen LogP contribution in [0.2, 0.25) is 0 Å². The zero-order valence-electron chi connectivity index (χ0n) is 9.65. The van der Waals surface area contributed by atoms with Gasteiger partial charge in [0.25, 0.3) is 0 Å². The van der Waals surface area contributed by atoms with Crippen LogP contribution in [0.3, 0.4) is 0 Å². The summed E-state index contributed by atoms with van der Waals surface area (Å²) in [6, 6.07) is 6.81. The highest BCUT2D eigenvalue weighted by Gasteiger charge is 2.32. The van der Waals surface area contributed by atoms with Gasteiger partial charge in [0.15, 0.2) is 0 Å². The summed E-state index contributed by atoms with van der Waals surface area (Å²) >= 11 is 0. The first-order valence-electron chi connectivity index (χ1n) is 5.36. The van der Waals surface area contributed by atoms with Gasteiger partial charge in [-0.3, -0.25) is 0 Å². The highest BCUT2D eigenvalue weighted by molar-refractivity contribution is 5.35. The number of nitrogens with zero attached hydrogens (tertiary/aromatic N) is 2. The van der Waals surface area contributed by atoms with Crippen LogP contribution in [0.15, 0.2) is 36.7 Å². The van der Waals surface area contributed by atoms with Crippen molar-refractivity contribution < 1.29 is 13.2 Å². The quantitative estimate of drug-likeness (QED) is 0.896. The monoisotopic (exact) mass is 255 g/mol. The second kappa shape index (κ2) is 4.45. The number of aromatic nitrogens is 2. The first kappa shape index (κ1) is 12.6. The number of halogens is 3. The molecule has 0 saturated carbocycles. The maximum atomic E-state index is 12.4. The molecule has 0 spiro atoms. The highest BCUT2D eigenvalue weighted by Crippen LogP contribution is 2.29. The maximum Gasteiger partial charge on any atom is 0.419 e. The van der Waals surface area contributed by atoms with E-state index >= 15 is 0 Å². The smallest absolute Gasteiger partial charge is 0.324 e. The van der Waals surface area contributed by atoms with Crippen LogP contribution in [0.4, 0.5) is 13.2 Å². The van der Waals surface area contributed by atoms with Gasteiger partial charge in [0.05, 0.1) is 17.4 Å². The molecule has 0 aliphatic carbocycles. The normalized spacial score (nSPS) is 13.6. The Bertz CT molecular complexity index is 526. The van der Waals surface area contributed by atoms with Crippen molar-refractivity contribution in [3.8, 4) is 5.69 Å². The van der Waals surface area contributed by atoms with Gasteiger partial charge >= 0.3 is 6.18 Å². The predicted octanol–water partition coefficient (Wildman–Crippen LogP) is 2.91. The lowest BCUT2D eigenvalue weighted by Crippen LogP contribution is -2.05. The Kier molecular flexibility index (Phi) is 3.13. The molecule has 1 heterocycles. The summed E-state index contributed by atoms with van der Waals surface area (Å²) in [7, 11) is 0. The summed E-state index contributed by atoms with van der Waals surface area (Å²) in [5.74, 6) is 0. The first-order chi connectivity index (χ1) is 8.38. The molecular weight excluding hydrogens is 243 g/mol. The third kappa shape index (κ3) is 2.53. The van der Waals surface area contributed by atoms with E-state index in [0.717, 1.165) is 18.0 Å². The number of alkyl halides is 3. The van der Waals surface area contributed by atoms with Gasteiger partial charge in [0.2, 0.25) is 0 Å². The Morgan fingerprint density at radius 3 is 2.28 bits per heavy atom. The van der Waals surface area contributed by atoms with Crippen molar-refractivity contribution in [3.63, 3.8) is 0 Å². The van der Waals surface area contributed by atoms with E-state index in [4.69, 9.17) is 5.73 Å². The van der Waals surface area contributed by atoms with E-state index in [2.05, 4.69) is 5.10 Å². The Balaban J connectivity index is 2.29. The van der Waals surface area contributed by atoms with E-state index in [0.29, 0.717) is 5.69 Å². The number of hydrogen-bond acceptors (Lipinski definition) is 2. The molecule has 0 bridgehead atoms. The SMILES string of the molecule is CC(N)c1ccc(-n2cc(C(F)(F)F)cn2)cc1. The fraction of sp³-hybridized carbons (Fsp3) is 0.250. The van der Waals surface area contributed by atoms with Crippen molar-refractivity contribution in [1.82, 2.24) is 9.78 Å². The van der Waals surface area contributed by atoms with E-state index in [-0.39, 0.29) is 6.04 Å². The highest BCUT2D eigenvalue weighted by atomic mass is 19.4. The van der Waals surface area contributed by atoms with Crippen LogP contribution in [0.1, 0.15) is 24.1 Å². The second-order valence-corrected chi connectivity index (χ2v) is 4.05. The minimum absolute atomic E-state index is 0.109. The van der Waals surface area contributed by atoms with Gasteiger partial charge in [0, 0.05) is 12.2 Å². The summed E-state index contributed by atoms with van der Waals surface area (Å²) in [4.78, 5) is 0. The van der Waals surface area contributed by atoms with E-state index in [9.17, 15) is 13.2 Å². The molecule has 1 aromatic heterocycles. The van der Waals surface area contributed by atoms with Crippen LogP contribution in [-0.4, -0.2) is 9.78 Å². The first-order valence-corrected chi connectivity index (χ1v) is 5.36. The third-order valence-electron chi connectivity index (χ3n) is 2.59. The van der Waals surface area contributed by atoms with Crippen molar-refractivity contribution in [2.24, 2.45) is 5.73 Å². The summed E-state index contributed by atoms with van der Waals surface area (Å²) < 4.78 is 38.4. The molecule has 2 rings (SSSR count). The standard InChI is InChI=1S/C12H12F3N3/c1-8(16)9-2-4-11(5-3-9)18-7-10(6-17-18)12(13,14)15/h2-8H,16H2,1H3. The Morgan fingerprint density at radius 1 is 1.22 bits per heavy atom. The van der Waals surface area contributed by atoms with E-state index in [1.165, 1.54) is 4.68 Å². The van der Waals surface area contributed by atoms with Crippen LogP contribution >= 0.6 is 0 Å². The largest absolute Gasteiger partial charge is 0.419 e. The number of hydrogen-bond donors (Lipinski definition) is 1. The lowest BCUT2D eigenvalue weighted by molar-refractivity contribution is -0.137. The molecule has 3 nitrogen and oxygen atoms in total. The molecule has 0 saturated heterocycles. The van der Waals surface area contributed by atoms with Crippen LogP contribution in [0.5, 0.6) is 0 Å². The lowest BCUT2D eigenvalue weighted by atomic mass is 10.1. The van der Waals surface area contributed by atoms with E-state index < -0.39 is 11.7 Å². The van der Waals surface area contributed by atoms with Crippen molar-refractivity contribution in [2.45, 2.75) is 19.1 Å². The fourth-order valence-electron chi connectivity index (χ4n) is 1.54. The van der Waals surface area contributed by atoms with Gasteiger partial charge in [-0.15, -0.1) is 0 Å². The summed E-state index contributed by atoms with van der Waals surface area (Å²) in [6.45, 7) is 1.84. The van der Waals surface area contributed by atoms with Gasteiger partial charge in [-0.1, -0.05) is 12.1 Å². The molecule has 18 heavy (non-hydrogen) atoms. The third-order valence-corrected chi connectivity index (χ3v) is 2.59. The molecule has 0 aliphatic heterocycles. The van der Waals surface area contributed by atoms with Crippen molar-refractivity contribution in [1.29, 1.82) is 0 Å². The second-order valence-electron chi connectivity index (χ2n) is 4.05. The molecule has 1 unspecified atom stereocenters. The molecule has 1 atom stereocenters. The molecule has 96 valence electrons. The van der Waals surface area contributed by atoms with Crippen LogP contribution in [-0.2, 0) is 6.18 Å². The van der Waals surface area contributed by atoms with Crippen LogP contribution in [0, 0.1) is 0 Å². The minimum atomic E-state index is -4.37. The van der Waals surface area contributed by atoms with Gasteiger partial charge < -0.3 is 5.73 Å². The van der Waals surface area contributed by atoms with Crippen LogP contribution < -0.4 is 5.73 Å². The summed E-state index contributed by atoms with van der Waals surface area (Å²) in [5, 5.41) is 3.69. The van der Waals surface area contributed by atoms with Gasteiger partial charge in [-0.05, 0) is 24.6 Å². The van der Waals surface area contributed by atoms with E-state index in [1.54, 1.807) is 24.3 Å². The van der Waals surface area contributed by atoms with Crippen molar-refractivity contribution >= 4 is 0 Å². The molecule has 2 N–H and O–H groups in total.